The largest absolute Gasteiger partial charge is 0.444 e. The molecule has 1 fully saturated rings. The van der Waals surface area contributed by atoms with E-state index >= 15 is 0 Å². The Bertz CT molecular complexity index is 434. The molecule has 0 radical (unpaired) electrons. The van der Waals surface area contributed by atoms with Crippen LogP contribution in [0.5, 0.6) is 0 Å². The lowest BCUT2D eigenvalue weighted by Crippen LogP contribution is -2.49. The van der Waals surface area contributed by atoms with Gasteiger partial charge in [-0.1, -0.05) is 0 Å². The second-order valence-electron chi connectivity index (χ2n) is 6.10. The molecule has 5 heteroatoms. The van der Waals surface area contributed by atoms with E-state index in [1.807, 2.05) is 45.3 Å². The number of piperazine rings is 1. The molecule has 2 heterocycles. The summed E-state index contributed by atoms with van der Waals surface area (Å²) in [6, 6.07) is 4.06. The lowest BCUT2D eigenvalue weighted by Gasteiger charge is -2.35. The van der Waals surface area contributed by atoms with Crippen LogP contribution in [0.2, 0.25) is 0 Å². The zero-order valence-corrected chi connectivity index (χ0v) is 12.5. The number of hydrogen-bond acceptors (Lipinski definition) is 4. The van der Waals surface area contributed by atoms with Crippen LogP contribution in [-0.4, -0.2) is 52.7 Å². The summed E-state index contributed by atoms with van der Waals surface area (Å²) < 4.78 is 5.39. The Labute approximate surface area is 120 Å². The van der Waals surface area contributed by atoms with Gasteiger partial charge in [0, 0.05) is 45.1 Å². The number of carbonyl (C=O) groups is 1. The van der Waals surface area contributed by atoms with Gasteiger partial charge in [-0.25, -0.2) is 4.79 Å². The van der Waals surface area contributed by atoms with Gasteiger partial charge in [0.25, 0.3) is 0 Å². The summed E-state index contributed by atoms with van der Waals surface area (Å²) in [6.45, 7) is 9.79. The number of amides is 1. The fourth-order valence-corrected chi connectivity index (χ4v) is 2.16. The van der Waals surface area contributed by atoms with Crippen molar-refractivity contribution in [1.82, 2.24) is 14.8 Å². The third-order valence-corrected chi connectivity index (χ3v) is 3.18. The first kappa shape index (κ1) is 14.8. The normalized spacial score (nSPS) is 17.1. The van der Waals surface area contributed by atoms with E-state index < -0.39 is 5.60 Å². The molecule has 0 aliphatic carbocycles. The van der Waals surface area contributed by atoms with Crippen LogP contribution >= 0.6 is 0 Å². The van der Waals surface area contributed by atoms with Crippen molar-refractivity contribution in [3.8, 4) is 0 Å². The zero-order chi connectivity index (χ0) is 14.6. The molecule has 1 aromatic heterocycles. The minimum atomic E-state index is -0.425. The molecule has 110 valence electrons. The molecule has 0 spiro atoms. The summed E-state index contributed by atoms with van der Waals surface area (Å²) in [6.07, 6.45) is 3.42. The molecule has 1 aliphatic heterocycles. The van der Waals surface area contributed by atoms with E-state index in [2.05, 4.69) is 9.88 Å². The maximum Gasteiger partial charge on any atom is 0.410 e. The number of nitrogens with zero attached hydrogens (tertiary/aromatic N) is 3. The van der Waals surface area contributed by atoms with Gasteiger partial charge < -0.3 is 9.64 Å². The number of ether oxygens (including phenoxy) is 1. The van der Waals surface area contributed by atoms with Crippen molar-refractivity contribution in [3.05, 3.63) is 30.1 Å². The maximum absolute atomic E-state index is 12.0. The van der Waals surface area contributed by atoms with Crippen molar-refractivity contribution >= 4 is 6.09 Å². The van der Waals surface area contributed by atoms with Gasteiger partial charge in [-0.2, -0.15) is 0 Å². The standard InChI is InChI=1S/C15H23N3O2/c1-15(2,3)20-14(19)18-10-8-17(9-11-18)12-13-4-6-16-7-5-13/h4-7H,8-12H2,1-3H3. The minimum absolute atomic E-state index is 0.207. The van der Waals surface area contributed by atoms with Crippen LogP contribution in [0.3, 0.4) is 0 Å². The molecule has 1 saturated heterocycles. The summed E-state index contributed by atoms with van der Waals surface area (Å²) in [4.78, 5) is 20.1. The lowest BCUT2D eigenvalue weighted by molar-refractivity contribution is 0.0139. The lowest BCUT2D eigenvalue weighted by atomic mass is 10.2. The van der Waals surface area contributed by atoms with Gasteiger partial charge >= 0.3 is 6.09 Å². The van der Waals surface area contributed by atoms with E-state index in [-0.39, 0.29) is 6.09 Å². The van der Waals surface area contributed by atoms with Crippen molar-refractivity contribution in [2.45, 2.75) is 32.9 Å². The molecule has 0 bridgehead atoms. The highest BCUT2D eigenvalue weighted by atomic mass is 16.6. The molecule has 1 aromatic rings. The predicted molar refractivity (Wildman–Crippen MR) is 77.3 cm³/mol. The van der Waals surface area contributed by atoms with E-state index in [9.17, 15) is 4.79 Å². The third-order valence-electron chi connectivity index (χ3n) is 3.18. The van der Waals surface area contributed by atoms with Crippen LogP contribution in [-0.2, 0) is 11.3 Å². The monoisotopic (exact) mass is 277 g/mol. The van der Waals surface area contributed by atoms with Crippen LogP contribution in [0.15, 0.2) is 24.5 Å². The average molecular weight is 277 g/mol. The van der Waals surface area contributed by atoms with Gasteiger partial charge in [0.05, 0.1) is 0 Å². The Kier molecular flexibility index (Phi) is 4.60. The molecule has 1 aliphatic rings. The molecule has 20 heavy (non-hydrogen) atoms. The number of aromatic nitrogens is 1. The van der Waals surface area contributed by atoms with E-state index in [0.717, 1.165) is 32.7 Å². The van der Waals surface area contributed by atoms with Crippen molar-refractivity contribution in [2.24, 2.45) is 0 Å². The Morgan fingerprint density at radius 2 is 1.80 bits per heavy atom. The molecular weight excluding hydrogens is 254 g/mol. The molecule has 0 N–H and O–H groups in total. The molecule has 5 nitrogen and oxygen atoms in total. The molecule has 0 saturated carbocycles. The first-order valence-electron chi connectivity index (χ1n) is 7.03. The van der Waals surface area contributed by atoms with Crippen molar-refractivity contribution < 1.29 is 9.53 Å². The van der Waals surface area contributed by atoms with Gasteiger partial charge in [0.15, 0.2) is 0 Å². The molecule has 0 atom stereocenters. The topological polar surface area (TPSA) is 45.7 Å². The summed E-state index contributed by atoms with van der Waals surface area (Å²) in [7, 11) is 0. The summed E-state index contributed by atoms with van der Waals surface area (Å²) in [5.74, 6) is 0. The smallest absolute Gasteiger partial charge is 0.410 e. The SMILES string of the molecule is CC(C)(C)OC(=O)N1CCN(Cc2ccncc2)CC1. The first-order chi connectivity index (χ1) is 9.44. The highest BCUT2D eigenvalue weighted by Crippen LogP contribution is 2.13. The van der Waals surface area contributed by atoms with Gasteiger partial charge in [-0.15, -0.1) is 0 Å². The quantitative estimate of drug-likeness (QED) is 0.831. The number of rotatable bonds is 2. The van der Waals surface area contributed by atoms with Crippen LogP contribution in [0.4, 0.5) is 4.79 Å². The van der Waals surface area contributed by atoms with Gasteiger partial charge in [0.1, 0.15) is 5.60 Å². The first-order valence-corrected chi connectivity index (χ1v) is 7.03. The minimum Gasteiger partial charge on any atom is -0.444 e. The van der Waals surface area contributed by atoms with Crippen molar-refractivity contribution in [1.29, 1.82) is 0 Å². The van der Waals surface area contributed by atoms with Crippen molar-refractivity contribution in [3.63, 3.8) is 0 Å². The molecule has 1 amide bonds. The van der Waals surface area contributed by atoms with Crippen LogP contribution < -0.4 is 0 Å². The Hall–Kier alpha value is -1.62. The number of pyridine rings is 1. The summed E-state index contributed by atoms with van der Waals surface area (Å²) >= 11 is 0. The molecular formula is C15H23N3O2. The predicted octanol–water partition coefficient (Wildman–Crippen LogP) is 2.13. The van der Waals surface area contributed by atoms with Gasteiger partial charge in [0.2, 0.25) is 0 Å². The average Bonchev–Trinajstić information content (AvgIpc) is 2.39. The molecule has 0 aromatic carbocycles. The Morgan fingerprint density at radius 1 is 1.20 bits per heavy atom. The molecule has 2 rings (SSSR count). The molecule has 0 unspecified atom stereocenters. The van der Waals surface area contributed by atoms with Crippen molar-refractivity contribution in [2.75, 3.05) is 26.2 Å². The second kappa shape index (κ2) is 6.22. The fourth-order valence-electron chi connectivity index (χ4n) is 2.16. The second-order valence-corrected chi connectivity index (χ2v) is 6.10. The summed E-state index contributed by atoms with van der Waals surface area (Å²) in [5.41, 5.74) is 0.830. The Morgan fingerprint density at radius 3 is 2.35 bits per heavy atom. The third kappa shape index (κ3) is 4.49. The fraction of sp³-hybridized carbons (Fsp3) is 0.600. The van der Waals surface area contributed by atoms with E-state index in [4.69, 9.17) is 4.74 Å². The zero-order valence-electron chi connectivity index (χ0n) is 12.5. The van der Waals surface area contributed by atoms with Gasteiger partial charge in [-0.3, -0.25) is 9.88 Å². The van der Waals surface area contributed by atoms with Crippen LogP contribution in [0.25, 0.3) is 0 Å². The van der Waals surface area contributed by atoms with E-state index in [1.165, 1.54) is 5.56 Å². The summed E-state index contributed by atoms with van der Waals surface area (Å²) in [5, 5.41) is 0. The Balaban J connectivity index is 1.79. The number of carbonyl (C=O) groups excluding carboxylic acids is 1. The van der Waals surface area contributed by atoms with E-state index in [0.29, 0.717) is 0 Å². The van der Waals surface area contributed by atoms with Crippen LogP contribution in [0.1, 0.15) is 26.3 Å². The number of hydrogen-bond donors (Lipinski definition) is 0. The van der Waals surface area contributed by atoms with Crippen LogP contribution in [0, 0.1) is 0 Å². The van der Waals surface area contributed by atoms with E-state index in [1.54, 1.807) is 4.90 Å². The highest BCUT2D eigenvalue weighted by molar-refractivity contribution is 5.68. The van der Waals surface area contributed by atoms with Gasteiger partial charge in [-0.05, 0) is 38.5 Å². The maximum atomic E-state index is 12.0. The highest BCUT2D eigenvalue weighted by Gasteiger charge is 2.25.